The van der Waals surface area contributed by atoms with Gasteiger partial charge in [0.1, 0.15) is 6.07 Å². The molecule has 2 atom stereocenters. The molecular formula is C20H18N4. The van der Waals surface area contributed by atoms with Crippen LogP contribution >= 0.6 is 0 Å². The predicted octanol–water partition coefficient (Wildman–Crippen LogP) is 3.59. The van der Waals surface area contributed by atoms with Crippen molar-refractivity contribution in [2.75, 3.05) is 0 Å². The van der Waals surface area contributed by atoms with Crippen LogP contribution in [0.15, 0.2) is 47.2 Å². The van der Waals surface area contributed by atoms with Crippen LogP contribution in [0.25, 0.3) is 0 Å². The van der Waals surface area contributed by atoms with Crippen LogP contribution in [0, 0.1) is 52.2 Å². The summed E-state index contributed by atoms with van der Waals surface area (Å²) in [5.74, 6) is -0.376. The van der Waals surface area contributed by atoms with Crippen LogP contribution in [0.4, 0.5) is 0 Å². The standard InChI is InChI=1S/C20H18N4/c1-13-6-8-14(9-7-13)18-16-5-3-2-4-15(16)17(10-21)19(24)20(18,11-22)12-23/h4,6-9,16,18H,2-3,5,24H2,1H3. The topological polar surface area (TPSA) is 97.4 Å². The molecular weight excluding hydrogens is 296 g/mol. The summed E-state index contributed by atoms with van der Waals surface area (Å²) in [5, 5.41) is 29.3. The molecule has 0 heterocycles. The van der Waals surface area contributed by atoms with Gasteiger partial charge in [-0.1, -0.05) is 35.9 Å². The first kappa shape index (κ1) is 15.9. The van der Waals surface area contributed by atoms with Crippen molar-refractivity contribution in [3.05, 3.63) is 58.3 Å². The number of rotatable bonds is 1. The van der Waals surface area contributed by atoms with Gasteiger partial charge in [-0.05, 0) is 43.2 Å². The molecule has 0 saturated carbocycles. The van der Waals surface area contributed by atoms with Crippen LogP contribution in [0.5, 0.6) is 0 Å². The Morgan fingerprint density at radius 3 is 2.38 bits per heavy atom. The van der Waals surface area contributed by atoms with E-state index >= 15 is 0 Å². The first-order valence-corrected chi connectivity index (χ1v) is 8.09. The molecule has 2 aliphatic rings. The SMILES string of the molecule is Cc1ccc(C2C3CCCC=C3C(C#N)=C(N)C2(C#N)C#N)cc1. The Morgan fingerprint density at radius 1 is 1.12 bits per heavy atom. The molecule has 118 valence electrons. The molecule has 1 aromatic rings. The highest BCUT2D eigenvalue weighted by atomic mass is 14.7. The van der Waals surface area contributed by atoms with Gasteiger partial charge in [-0.2, -0.15) is 15.8 Å². The fraction of sp³-hybridized carbons (Fsp3) is 0.350. The summed E-state index contributed by atoms with van der Waals surface area (Å²) in [4.78, 5) is 0. The molecule has 0 amide bonds. The summed E-state index contributed by atoms with van der Waals surface area (Å²) in [5.41, 5.74) is 8.11. The van der Waals surface area contributed by atoms with Gasteiger partial charge in [0.05, 0.1) is 23.4 Å². The minimum Gasteiger partial charge on any atom is -0.399 e. The summed E-state index contributed by atoms with van der Waals surface area (Å²) in [6.45, 7) is 2.00. The van der Waals surface area contributed by atoms with Crippen LogP contribution < -0.4 is 5.73 Å². The van der Waals surface area contributed by atoms with E-state index in [0.29, 0.717) is 5.57 Å². The molecule has 2 aliphatic carbocycles. The smallest absolute Gasteiger partial charge is 0.191 e. The summed E-state index contributed by atoms with van der Waals surface area (Å²) in [6.07, 6.45) is 4.80. The van der Waals surface area contributed by atoms with Crippen LogP contribution in [0.1, 0.15) is 36.3 Å². The number of hydrogen-bond acceptors (Lipinski definition) is 4. The van der Waals surface area contributed by atoms with Crippen molar-refractivity contribution < 1.29 is 0 Å². The number of nitrogens with zero attached hydrogens (tertiary/aromatic N) is 3. The Bertz CT molecular complexity index is 839. The predicted molar refractivity (Wildman–Crippen MR) is 89.8 cm³/mol. The second-order valence-electron chi connectivity index (χ2n) is 6.52. The van der Waals surface area contributed by atoms with E-state index in [1.165, 1.54) is 0 Å². The maximum Gasteiger partial charge on any atom is 0.191 e. The molecule has 4 nitrogen and oxygen atoms in total. The molecule has 0 aliphatic heterocycles. The highest BCUT2D eigenvalue weighted by Gasteiger charge is 2.53. The number of fused-ring (bicyclic) bond motifs is 1. The quantitative estimate of drug-likeness (QED) is 0.856. The van der Waals surface area contributed by atoms with Gasteiger partial charge in [0.25, 0.3) is 0 Å². The van der Waals surface area contributed by atoms with E-state index in [2.05, 4.69) is 24.3 Å². The number of aryl methyl sites for hydroxylation is 1. The highest BCUT2D eigenvalue weighted by Crippen LogP contribution is 2.55. The summed E-state index contributed by atoms with van der Waals surface area (Å²) >= 11 is 0. The Balaban J connectivity index is 2.31. The maximum atomic E-state index is 9.89. The summed E-state index contributed by atoms with van der Waals surface area (Å²) in [6, 6.07) is 14.4. The van der Waals surface area contributed by atoms with Crippen molar-refractivity contribution in [2.45, 2.75) is 32.1 Å². The van der Waals surface area contributed by atoms with Crippen LogP contribution in [-0.2, 0) is 0 Å². The fourth-order valence-electron chi connectivity index (χ4n) is 4.02. The average Bonchev–Trinajstić information content (AvgIpc) is 2.62. The first-order chi connectivity index (χ1) is 11.6. The van der Waals surface area contributed by atoms with E-state index in [1.807, 2.05) is 31.2 Å². The van der Waals surface area contributed by atoms with Crippen LogP contribution in [-0.4, -0.2) is 0 Å². The van der Waals surface area contributed by atoms with Gasteiger partial charge in [-0.25, -0.2) is 0 Å². The fourth-order valence-corrected chi connectivity index (χ4v) is 4.02. The third-order valence-corrected chi connectivity index (χ3v) is 5.24. The molecule has 1 aromatic carbocycles. The van der Waals surface area contributed by atoms with Crippen molar-refractivity contribution in [3.8, 4) is 18.2 Å². The molecule has 3 rings (SSSR count). The zero-order chi connectivity index (χ0) is 17.3. The number of allylic oxidation sites excluding steroid dienone is 4. The van der Waals surface area contributed by atoms with Crippen LogP contribution in [0.2, 0.25) is 0 Å². The third kappa shape index (κ3) is 2.10. The van der Waals surface area contributed by atoms with Gasteiger partial charge in [0.2, 0.25) is 0 Å². The summed E-state index contributed by atoms with van der Waals surface area (Å²) < 4.78 is 0. The Morgan fingerprint density at radius 2 is 1.79 bits per heavy atom. The zero-order valence-electron chi connectivity index (χ0n) is 13.6. The lowest BCUT2D eigenvalue weighted by Gasteiger charge is -2.43. The third-order valence-electron chi connectivity index (χ3n) is 5.24. The van der Waals surface area contributed by atoms with Crippen molar-refractivity contribution in [2.24, 2.45) is 17.1 Å². The minimum absolute atomic E-state index is 0.0253. The lowest BCUT2D eigenvalue weighted by molar-refractivity contribution is 0.317. The largest absolute Gasteiger partial charge is 0.399 e. The van der Waals surface area contributed by atoms with E-state index in [0.717, 1.165) is 36.0 Å². The van der Waals surface area contributed by atoms with Crippen molar-refractivity contribution in [1.29, 1.82) is 15.8 Å². The van der Waals surface area contributed by atoms with Gasteiger partial charge in [0.15, 0.2) is 5.41 Å². The first-order valence-electron chi connectivity index (χ1n) is 8.09. The van der Waals surface area contributed by atoms with E-state index in [1.54, 1.807) is 0 Å². The van der Waals surface area contributed by atoms with Gasteiger partial charge >= 0.3 is 0 Å². The lowest BCUT2D eigenvalue weighted by Crippen LogP contribution is -2.42. The second kappa shape index (κ2) is 5.88. The molecule has 0 bridgehead atoms. The molecule has 24 heavy (non-hydrogen) atoms. The average molecular weight is 314 g/mol. The molecule has 0 aromatic heterocycles. The Hall–Kier alpha value is -3.03. The normalized spacial score (nSPS) is 24.8. The number of benzene rings is 1. The van der Waals surface area contributed by atoms with E-state index in [-0.39, 0.29) is 17.5 Å². The molecule has 2 unspecified atom stereocenters. The Labute approximate surface area is 142 Å². The molecule has 2 N–H and O–H groups in total. The minimum atomic E-state index is -1.50. The van der Waals surface area contributed by atoms with Crippen LogP contribution in [0.3, 0.4) is 0 Å². The highest BCUT2D eigenvalue weighted by molar-refractivity contribution is 5.59. The second-order valence-corrected chi connectivity index (χ2v) is 6.52. The molecule has 0 spiro atoms. The van der Waals surface area contributed by atoms with Crippen molar-refractivity contribution >= 4 is 0 Å². The molecule has 4 heteroatoms. The van der Waals surface area contributed by atoms with E-state index < -0.39 is 5.41 Å². The Kier molecular flexibility index (Phi) is 3.88. The van der Waals surface area contributed by atoms with Gasteiger partial charge in [0, 0.05) is 5.92 Å². The molecule has 0 fully saturated rings. The van der Waals surface area contributed by atoms with E-state index in [4.69, 9.17) is 5.73 Å². The monoisotopic (exact) mass is 314 g/mol. The zero-order valence-corrected chi connectivity index (χ0v) is 13.6. The van der Waals surface area contributed by atoms with Gasteiger partial charge in [-0.15, -0.1) is 0 Å². The summed E-state index contributed by atoms with van der Waals surface area (Å²) in [7, 11) is 0. The van der Waals surface area contributed by atoms with Gasteiger partial charge < -0.3 is 5.73 Å². The van der Waals surface area contributed by atoms with E-state index in [9.17, 15) is 15.8 Å². The van der Waals surface area contributed by atoms with Gasteiger partial charge in [-0.3, -0.25) is 0 Å². The maximum absolute atomic E-state index is 9.89. The molecule has 0 saturated heterocycles. The molecule has 0 radical (unpaired) electrons. The lowest BCUT2D eigenvalue weighted by atomic mass is 9.57. The van der Waals surface area contributed by atoms with Crippen molar-refractivity contribution in [1.82, 2.24) is 0 Å². The van der Waals surface area contributed by atoms with Crippen molar-refractivity contribution in [3.63, 3.8) is 0 Å². The number of nitrogens with two attached hydrogens (primary N) is 1. The number of nitriles is 3. The number of hydrogen-bond donors (Lipinski definition) is 1.